The van der Waals surface area contributed by atoms with Crippen LogP contribution in [-0.4, -0.2) is 23.7 Å². The summed E-state index contributed by atoms with van der Waals surface area (Å²) < 4.78 is 5.88. The van der Waals surface area contributed by atoms with Gasteiger partial charge >= 0.3 is 0 Å². The van der Waals surface area contributed by atoms with Crippen LogP contribution in [0.4, 0.5) is 0 Å². The number of ether oxygens (including phenoxy) is 1. The highest BCUT2D eigenvalue weighted by Gasteiger charge is 2.26. The van der Waals surface area contributed by atoms with E-state index in [4.69, 9.17) is 4.74 Å². The summed E-state index contributed by atoms with van der Waals surface area (Å²) in [5.41, 5.74) is 0. The lowest BCUT2D eigenvalue weighted by Gasteiger charge is -2.27. The van der Waals surface area contributed by atoms with E-state index in [0.29, 0.717) is 6.10 Å². The smallest absolute Gasteiger partial charge is 0.0596 e. The normalized spacial score (nSPS) is 39.0. The fourth-order valence-corrected chi connectivity index (χ4v) is 2.52. The van der Waals surface area contributed by atoms with Gasteiger partial charge in [-0.3, -0.25) is 0 Å². The van der Waals surface area contributed by atoms with Crippen molar-refractivity contribution in [1.29, 1.82) is 0 Å². The molecule has 0 amide bonds. The van der Waals surface area contributed by atoms with E-state index in [-0.39, 0.29) is 0 Å². The second-order valence-corrected chi connectivity index (χ2v) is 5.67. The molecule has 1 atom stereocenters. The van der Waals surface area contributed by atoms with E-state index in [1.165, 1.54) is 37.9 Å². The first-order valence-corrected chi connectivity index (χ1v) is 6.66. The number of hydrogen-bond donors (Lipinski definition) is 0. The van der Waals surface area contributed by atoms with Crippen LogP contribution < -0.4 is 0 Å². The minimum absolute atomic E-state index is 0.601. The number of thioether (sulfide) groups is 1. The molecule has 1 aliphatic carbocycles. The maximum absolute atomic E-state index is 5.88. The molecule has 1 unspecified atom stereocenters. The first-order chi connectivity index (χ1) is 6.38. The van der Waals surface area contributed by atoms with Gasteiger partial charge in [0, 0.05) is 11.0 Å². The van der Waals surface area contributed by atoms with Gasteiger partial charge in [0.15, 0.2) is 0 Å². The van der Waals surface area contributed by atoms with Gasteiger partial charge in [-0.05, 0) is 31.6 Å². The Labute approximate surface area is 85.6 Å². The zero-order chi connectivity index (χ0) is 9.10. The lowest BCUT2D eigenvalue weighted by atomic mass is 9.86. The van der Waals surface area contributed by atoms with Crippen LogP contribution in [0.1, 0.15) is 39.0 Å². The quantitative estimate of drug-likeness (QED) is 0.645. The Morgan fingerprint density at radius 1 is 1.23 bits per heavy atom. The van der Waals surface area contributed by atoms with E-state index in [2.05, 4.69) is 6.92 Å². The maximum Gasteiger partial charge on any atom is 0.0596 e. The molecule has 1 heterocycles. The molecule has 0 aromatic heterocycles. The highest BCUT2D eigenvalue weighted by atomic mass is 32.2. The molecule has 2 fully saturated rings. The molecule has 2 heteroatoms. The molecule has 0 aromatic rings. The summed E-state index contributed by atoms with van der Waals surface area (Å²) in [6, 6.07) is 0. The molecule has 2 aliphatic rings. The largest absolute Gasteiger partial charge is 0.377 e. The Morgan fingerprint density at radius 3 is 2.46 bits per heavy atom. The topological polar surface area (TPSA) is 9.23 Å². The molecule has 0 radical (unpaired) electrons. The standard InChI is InChI=1S/C11H20OS/c1-2-9-3-5-10(6-4-9)12-7-11-8-13-11/h9-11H,2-8H2,1H3. The monoisotopic (exact) mass is 200 g/mol. The predicted molar refractivity (Wildman–Crippen MR) is 58.2 cm³/mol. The lowest BCUT2D eigenvalue weighted by molar-refractivity contribution is 0.0222. The van der Waals surface area contributed by atoms with Gasteiger partial charge in [-0.25, -0.2) is 0 Å². The van der Waals surface area contributed by atoms with Crippen LogP contribution in [0.15, 0.2) is 0 Å². The third kappa shape index (κ3) is 3.17. The zero-order valence-corrected chi connectivity index (χ0v) is 9.31. The van der Waals surface area contributed by atoms with E-state index in [9.17, 15) is 0 Å². The van der Waals surface area contributed by atoms with Crippen molar-refractivity contribution in [2.45, 2.75) is 50.4 Å². The maximum atomic E-state index is 5.88. The highest BCUT2D eigenvalue weighted by molar-refractivity contribution is 8.06. The van der Waals surface area contributed by atoms with Crippen molar-refractivity contribution in [3.05, 3.63) is 0 Å². The molecule has 0 bridgehead atoms. The van der Waals surface area contributed by atoms with Crippen LogP contribution in [0.5, 0.6) is 0 Å². The number of rotatable bonds is 4. The van der Waals surface area contributed by atoms with Crippen LogP contribution in [0.25, 0.3) is 0 Å². The van der Waals surface area contributed by atoms with Gasteiger partial charge in [-0.2, -0.15) is 11.8 Å². The molecule has 1 saturated carbocycles. The summed E-state index contributed by atoms with van der Waals surface area (Å²) in [5, 5.41) is 0.851. The Hall–Kier alpha value is 0.310. The Morgan fingerprint density at radius 2 is 1.92 bits per heavy atom. The summed E-state index contributed by atoms with van der Waals surface area (Å²) in [4.78, 5) is 0. The molecule has 0 aromatic carbocycles. The van der Waals surface area contributed by atoms with E-state index in [0.717, 1.165) is 17.8 Å². The molecule has 13 heavy (non-hydrogen) atoms. The van der Waals surface area contributed by atoms with Crippen molar-refractivity contribution in [2.75, 3.05) is 12.4 Å². The fraction of sp³-hybridized carbons (Fsp3) is 1.00. The van der Waals surface area contributed by atoms with E-state index >= 15 is 0 Å². The van der Waals surface area contributed by atoms with Crippen molar-refractivity contribution in [2.24, 2.45) is 5.92 Å². The lowest BCUT2D eigenvalue weighted by Crippen LogP contribution is -2.22. The van der Waals surface area contributed by atoms with E-state index < -0.39 is 0 Å². The van der Waals surface area contributed by atoms with Crippen molar-refractivity contribution >= 4 is 11.8 Å². The van der Waals surface area contributed by atoms with Crippen LogP contribution in [0.3, 0.4) is 0 Å². The summed E-state index contributed by atoms with van der Waals surface area (Å²) in [5.74, 6) is 2.33. The average Bonchev–Trinajstić information content (AvgIpc) is 2.99. The van der Waals surface area contributed by atoms with Crippen LogP contribution in [-0.2, 0) is 4.74 Å². The van der Waals surface area contributed by atoms with Crippen molar-refractivity contribution in [3.63, 3.8) is 0 Å². The predicted octanol–water partition coefficient (Wildman–Crippen LogP) is 3.09. The van der Waals surface area contributed by atoms with E-state index in [1.54, 1.807) is 0 Å². The van der Waals surface area contributed by atoms with E-state index in [1.807, 2.05) is 11.8 Å². The number of hydrogen-bond acceptors (Lipinski definition) is 2. The third-order valence-electron chi connectivity index (χ3n) is 3.29. The first kappa shape index (κ1) is 9.85. The zero-order valence-electron chi connectivity index (χ0n) is 8.50. The summed E-state index contributed by atoms with van der Waals surface area (Å²) in [7, 11) is 0. The summed E-state index contributed by atoms with van der Waals surface area (Å²) >= 11 is 2.04. The van der Waals surface area contributed by atoms with Crippen LogP contribution >= 0.6 is 11.8 Å². The molecule has 2 rings (SSSR count). The van der Waals surface area contributed by atoms with Gasteiger partial charge in [-0.15, -0.1) is 0 Å². The molecule has 1 aliphatic heterocycles. The Balaban J connectivity index is 1.59. The van der Waals surface area contributed by atoms with Gasteiger partial charge in [0.1, 0.15) is 0 Å². The van der Waals surface area contributed by atoms with Gasteiger partial charge in [0.25, 0.3) is 0 Å². The average molecular weight is 200 g/mol. The molecule has 0 spiro atoms. The molecule has 1 nitrogen and oxygen atoms in total. The molecule has 0 N–H and O–H groups in total. The third-order valence-corrected chi connectivity index (χ3v) is 4.23. The summed E-state index contributed by atoms with van der Waals surface area (Å²) in [6.07, 6.45) is 7.40. The van der Waals surface area contributed by atoms with Crippen LogP contribution in [0.2, 0.25) is 0 Å². The minimum atomic E-state index is 0.601. The molecule has 76 valence electrons. The highest BCUT2D eigenvalue weighted by Crippen LogP contribution is 2.33. The van der Waals surface area contributed by atoms with Crippen LogP contribution in [0, 0.1) is 5.92 Å². The first-order valence-electron chi connectivity index (χ1n) is 5.61. The van der Waals surface area contributed by atoms with Gasteiger partial charge in [0.2, 0.25) is 0 Å². The van der Waals surface area contributed by atoms with Crippen molar-refractivity contribution in [3.8, 4) is 0 Å². The minimum Gasteiger partial charge on any atom is -0.377 e. The summed E-state index contributed by atoms with van der Waals surface area (Å²) in [6.45, 7) is 3.33. The van der Waals surface area contributed by atoms with Gasteiger partial charge < -0.3 is 4.74 Å². The second kappa shape index (κ2) is 4.70. The Bertz CT molecular complexity index is 148. The fourth-order valence-electron chi connectivity index (χ4n) is 2.11. The van der Waals surface area contributed by atoms with Gasteiger partial charge in [-0.1, -0.05) is 13.3 Å². The van der Waals surface area contributed by atoms with Crippen molar-refractivity contribution in [1.82, 2.24) is 0 Å². The molecule has 1 saturated heterocycles. The second-order valence-electron chi connectivity index (χ2n) is 4.34. The van der Waals surface area contributed by atoms with Crippen molar-refractivity contribution < 1.29 is 4.74 Å². The molecular formula is C11H20OS. The SMILES string of the molecule is CCC1CCC(OCC2CS2)CC1. The molecular weight excluding hydrogens is 180 g/mol. The van der Waals surface area contributed by atoms with Gasteiger partial charge in [0.05, 0.1) is 12.7 Å². The Kier molecular flexibility index (Phi) is 3.56.